The Balaban J connectivity index is 2.04. The van der Waals surface area contributed by atoms with Gasteiger partial charge < -0.3 is 5.73 Å². The van der Waals surface area contributed by atoms with E-state index in [1.54, 1.807) is 12.1 Å². The fraction of sp³-hybridized carbons (Fsp3) is 0.583. The molecule has 0 amide bonds. The first-order chi connectivity index (χ1) is 8.08. The van der Waals surface area contributed by atoms with E-state index in [0.717, 1.165) is 30.8 Å². The molecule has 2 heterocycles. The Morgan fingerprint density at radius 1 is 1.65 bits per heavy atom. The number of thiophene rings is 1. The number of carbonyl (C=O) groups is 1. The maximum absolute atomic E-state index is 12.2. The molecule has 1 aromatic rings. The van der Waals surface area contributed by atoms with Gasteiger partial charge in [0, 0.05) is 12.6 Å². The molecular weight excluding hydrogens is 256 g/mol. The van der Waals surface area contributed by atoms with Gasteiger partial charge in [0.25, 0.3) is 0 Å². The van der Waals surface area contributed by atoms with Crippen LogP contribution in [0.3, 0.4) is 0 Å². The molecule has 2 unspecified atom stereocenters. The van der Waals surface area contributed by atoms with E-state index in [1.165, 1.54) is 11.3 Å². The van der Waals surface area contributed by atoms with E-state index < -0.39 is 0 Å². The second kappa shape index (κ2) is 5.48. The number of ketones is 1. The molecule has 0 bridgehead atoms. The highest BCUT2D eigenvalue weighted by molar-refractivity contribution is 7.18. The SMILES string of the molecule is CC(C(=O)c1ccc(Cl)s1)N1CCCC(N)C1. The zero-order valence-electron chi connectivity index (χ0n) is 9.86. The van der Waals surface area contributed by atoms with Crippen LogP contribution in [-0.4, -0.2) is 35.9 Å². The van der Waals surface area contributed by atoms with Crippen LogP contribution in [0.15, 0.2) is 12.1 Å². The van der Waals surface area contributed by atoms with E-state index in [-0.39, 0.29) is 17.9 Å². The Hall–Kier alpha value is -0.420. The van der Waals surface area contributed by atoms with Gasteiger partial charge in [-0.1, -0.05) is 11.6 Å². The van der Waals surface area contributed by atoms with Crippen LogP contribution in [0.25, 0.3) is 0 Å². The molecule has 5 heteroatoms. The van der Waals surface area contributed by atoms with Crippen LogP contribution >= 0.6 is 22.9 Å². The molecule has 0 saturated carbocycles. The Labute approximate surface area is 111 Å². The monoisotopic (exact) mass is 272 g/mol. The summed E-state index contributed by atoms with van der Waals surface area (Å²) in [6.45, 7) is 3.72. The third-order valence-corrected chi connectivity index (χ3v) is 4.48. The largest absolute Gasteiger partial charge is 0.327 e. The number of piperidine rings is 1. The highest BCUT2D eigenvalue weighted by Gasteiger charge is 2.27. The normalized spacial score (nSPS) is 23.6. The van der Waals surface area contributed by atoms with Crippen LogP contribution in [0, 0.1) is 0 Å². The van der Waals surface area contributed by atoms with Gasteiger partial charge in [-0.25, -0.2) is 0 Å². The van der Waals surface area contributed by atoms with E-state index in [4.69, 9.17) is 17.3 Å². The Kier molecular flexibility index (Phi) is 4.20. The van der Waals surface area contributed by atoms with Crippen molar-refractivity contribution in [2.45, 2.75) is 31.8 Å². The highest BCUT2D eigenvalue weighted by Crippen LogP contribution is 2.24. The first kappa shape index (κ1) is 13.0. The summed E-state index contributed by atoms with van der Waals surface area (Å²) in [6.07, 6.45) is 2.13. The Morgan fingerprint density at radius 3 is 3.00 bits per heavy atom. The minimum absolute atomic E-state index is 0.101. The van der Waals surface area contributed by atoms with Gasteiger partial charge in [-0.15, -0.1) is 11.3 Å². The number of rotatable bonds is 3. The quantitative estimate of drug-likeness (QED) is 0.860. The lowest BCUT2D eigenvalue weighted by Gasteiger charge is -2.34. The zero-order valence-corrected chi connectivity index (χ0v) is 11.4. The molecule has 0 radical (unpaired) electrons. The molecule has 1 aliphatic heterocycles. The van der Waals surface area contributed by atoms with Crippen molar-refractivity contribution in [2.75, 3.05) is 13.1 Å². The topological polar surface area (TPSA) is 46.3 Å². The third-order valence-electron chi connectivity index (χ3n) is 3.23. The fourth-order valence-corrected chi connectivity index (χ4v) is 3.28. The number of likely N-dealkylation sites (tertiary alicyclic amines) is 1. The molecule has 3 nitrogen and oxygen atoms in total. The Bertz CT molecular complexity index is 407. The molecule has 1 aromatic heterocycles. The van der Waals surface area contributed by atoms with Crippen molar-refractivity contribution >= 4 is 28.7 Å². The average molecular weight is 273 g/mol. The molecule has 1 aliphatic rings. The number of halogens is 1. The van der Waals surface area contributed by atoms with Gasteiger partial charge in [-0.3, -0.25) is 9.69 Å². The van der Waals surface area contributed by atoms with E-state index in [9.17, 15) is 4.79 Å². The van der Waals surface area contributed by atoms with Gasteiger partial charge in [0.1, 0.15) is 0 Å². The highest BCUT2D eigenvalue weighted by atomic mass is 35.5. The second-order valence-electron chi connectivity index (χ2n) is 4.54. The van der Waals surface area contributed by atoms with Crippen LogP contribution in [-0.2, 0) is 0 Å². The predicted molar refractivity (Wildman–Crippen MR) is 71.9 cm³/mol. The van der Waals surface area contributed by atoms with Crippen molar-refractivity contribution in [1.29, 1.82) is 0 Å². The number of hydrogen-bond acceptors (Lipinski definition) is 4. The van der Waals surface area contributed by atoms with Crippen LogP contribution in [0.2, 0.25) is 4.34 Å². The van der Waals surface area contributed by atoms with E-state index in [2.05, 4.69) is 4.90 Å². The lowest BCUT2D eigenvalue weighted by molar-refractivity contribution is 0.0798. The molecule has 2 N–H and O–H groups in total. The van der Waals surface area contributed by atoms with Crippen molar-refractivity contribution in [3.8, 4) is 0 Å². The smallest absolute Gasteiger partial charge is 0.189 e. The second-order valence-corrected chi connectivity index (χ2v) is 6.26. The standard InChI is InChI=1S/C12H17ClN2OS/c1-8(15-6-2-3-9(14)7-15)12(16)10-4-5-11(13)17-10/h4-5,8-9H,2-3,6-7,14H2,1H3. The summed E-state index contributed by atoms with van der Waals surface area (Å²) < 4.78 is 0.663. The lowest BCUT2D eigenvalue weighted by atomic mass is 10.0. The summed E-state index contributed by atoms with van der Waals surface area (Å²) in [5, 5.41) is 0. The van der Waals surface area contributed by atoms with Crippen LogP contribution in [0.1, 0.15) is 29.4 Å². The van der Waals surface area contributed by atoms with Gasteiger partial charge in [-0.2, -0.15) is 0 Å². The molecule has 0 spiro atoms. The number of nitrogens with two attached hydrogens (primary N) is 1. The van der Waals surface area contributed by atoms with Crippen molar-refractivity contribution < 1.29 is 4.79 Å². The van der Waals surface area contributed by atoms with Gasteiger partial charge in [-0.05, 0) is 38.4 Å². The fourth-order valence-electron chi connectivity index (χ4n) is 2.21. The molecule has 2 rings (SSSR count). The van der Waals surface area contributed by atoms with Crippen LogP contribution in [0.5, 0.6) is 0 Å². The van der Waals surface area contributed by atoms with Crippen molar-refractivity contribution in [3.05, 3.63) is 21.3 Å². The molecule has 1 fully saturated rings. The van der Waals surface area contributed by atoms with Crippen LogP contribution < -0.4 is 5.73 Å². The minimum atomic E-state index is -0.101. The summed E-state index contributed by atoms with van der Waals surface area (Å²) in [7, 11) is 0. The number of nitrogens with zero attached hydrogens (tertiary/aromatic N) is 1. The molecule has 2 atom stereocenters. The maximum atomic E-state index is 12.2. The number of carbonyl (C=O) groups excluding carboxylic acids is 1. The van der Waals surface area contributed by atoms with Gasteiger partial charge in [0.05, 0.1) is 15.3 Å². The first-order valence-corrected chi connectivity index (χ1v) is 7.06. The van der Waals surface area contributed by atoms with E-state index in [1.807, 2.05) is 6.92 Å². The summed E-state index contributed by atoms with van der Waals surface area (Å²) in [5.41, 5.74) is 5.93. The van der Waals surface area contributed by atoms with Gasteiger partial charge >= 0.3 is 0 Å². The molecule has 0 aromatic carbocycles. The summed E-state index contributed by atoms with van der Waals surface area (Å²) in [6, 6.07) is 3.67. The maximum Gasteiger partial charge on any atom is 0.189 e. The Morgan fingerprint density at radius 2 is 2.41 bits per heavy atom. The summed E-state index contributed by atoms with van der Waals surface area (Å²) in [5.74, 6) is 0.149. The summed E-state index contributed by atoms with van der Waals surface area (Å²) >= 11 is 7.20. The number of hydrogen-bond donors (Lipinski definition) is 1. The predicted octanol–water partition coefficient (Wildman–Crippen LogP) is 2.40. The molecule has 1 saturated heterocycles. The molecule has 94 valence electrons. The van der Waals surface area contributed by atoms with Gasteiger partial charge in [0.2, 0.25) is 0 Å². The average Bonchev–Trinajstić information content (AvgIpc) is 2.74. The first-order valence-electron chi connectivity index (χ1n) is 5.87. The third kappa shape index (κ3) is 3.07. The van der Waals surface area contributed by atoms with Gasteiger partial charge in [0.15, 0.2) is 5.78 Å². The van der Waals surface area contributed by atoms with Crippen molar-refractivity contribution in [1.82, 2.24) is 4.90 Å². The minimum Gasteiger partial charge on any atom is -0.327 e. The molecular formula is C12H17ClN2OS. The molecule has 17 heavy (non-hydrogen) atoms. The van der Waals surface area contributed by atoms with Crippen molar-refractivity contribution in [2.24, 2.45) is 5.73 Å². The number of Topliss-reactive ketones (excluding diaryl/α,β-unsaturated/α-hetero) is 1. The van der Waals surface area contributed by atoms with Crippen molar-refractivity contribution in [3.63, 3.8) is 0 Å². The van der Waals surface area contributed by atoms with E-state index in [0.29, 0.717) is 4.34 Å². The zero-order chi connectivity index (χ0) is 12.4. The lowest BCUT2D eigenvalue weighted by Crippen LogP contribution is -2.49. The van der Waals surface area contributed by atoms with E-state index >= 15 is 0 Å². The summed E-state index contributed by atoms with van der Waals surface area (Å²) in [4.78, 5) is 15.1. The van der Waals surface area contributed by atoms with Crippen LogP contribution in [0.4, 0.5) is 0 Å². The molecule has 0 aliphatic carbocycles.